The predicted octanol–water partition coefficient (Wildman–Crippen LogP) is 2.60. The molecule has 21 heavy (non-hydrogen) atoms. The lowest BCUT2D eigenvalue weighted by Crippen LogP contribution is -2.29. The van der Waals surface area contributed by atoms with Crippen LogP contribution < -0.4 is 16.0 Å². The standard InChI is InChI=1S/C16H18N2O2S/c17-18-16(19)14-7-4-8-15(11-14)20-9-10-21-12-13-5-2-1-3-6-13/h1-8,11H,9-10,12,17H2,(H,18,19). The van der Waals surface area contributed by atoms with E-state index in [4.69, 9.17) is 10.6 Å². The Bertz CT molecular complexity index is 575. The second-order valence-electron chi connectivity index (χ2n) is 4.39. The maximum atomic E-state index is 11.4. The van der Waals surface area contributed by atoms with Crippen molar-refractivity contribution in [2.24, 2.45) is 5.84 Å². The topological polar surface area (TPSA) is 64.3 Å². The number of nitrogens with one attached hydrogen (secondary N) is 1. The van der Waals surface area contributed by atoms with Crippen molar-refractivity contribution in [3.05, 3.63) is 65.7 Å². The Labute approximate surface area is 128 Å². The van der Waals surface area contributed by atoms with Crippen molar-refractivity contribution >= 4 is 17.7 Å². The van der Waals surface area contributed by atoms with Gasteiger partial charge in [0, 0.05) is 17.1 Å². The molecule has 2 aromatic carbocycles. The van der Waals surface area contributed by atoms with Gasteiger partial charge in [0.2, 0.25) is 0 Å². The minimum atomic E-state index is -0.320. The minimum Gasteiger partial charge on any atom is -0.493 e. The second kappa shape index (κ2) is 8.34. The molecule has 0 heterocycles. The molecule has 5 heteroatoms. The fourth-order valence-electron chi connectivity index (χ4n) is 1.79. The van der Waals surface area contributed by atoms with E-state index in [1.165, 1.54) is 5.56 Å². The molecule has 0 bridgehead atoms. The molecule has 0 unspecified atom stereocenters. The Morgan fingerprint density at radius 3 is 2.71 bits per heavy atom. The van der Waals surface area contributed by atoms with Gasteiger partial charge in [-0.15, -0.1) is 0 Å². The quantitative estimate of drug-likeness (QED) is 0.357. The van der Waals surface area contributed by atoms with Crippen molar-refractivity contribution in [3.63, 3.8) is 0 Å². The van der Waals surface area contributed by atoms with Crippen LogP contribution in [-0.4, -0.2) is 18.3 Å². The van der Waals surface area contributed by atoms with Crippen molar-refractivity contribution in [1.82, 2.24) is 5.43 Å². The smallest absolute Gasteiger partial charge is 0.265 e. The van der Waals surface area contributed by atoms with Crippen LogP contribution in [0.15, 0.2) is 54.6 Å². The summed E-state index contributed by atoms with van der Waals surface area (Å²) in [6.07, 6.45) is 0. The van der Waals surface area contributed by atoms with Gasteiger partial charge in [0.1, 0.15) is 5.75 Å². The van der Waals surface area contributed by atoms with Crippen molar-refractivity contribution in [1.29, 1.82) is 0 Å². The lowest BCUT2D eigenvalue weighted by molar-refractivity contribution is 0.0953. The summed E-state index contributed by atoms with van der Waals surface area (Å²) in [7, 11) is 0. The normalized spacial score (nSPS) is 10.1. The van der Waals surface area contributed by atoms with Crippen molar-refractivity contribution < 1.29 is 9.53 Å². The highest BCUT2D eigenvalue weighted by Crippen LogP contribution is 2.15. The predicted molar refractivity (Wildman–Crippen MR) is 86.2 cm³/mol. The Morgan fingerprint density at radius 1 is 1.14 bits per heavy atom. The molecule has 0 aliphatic carbocycles. The lowest BCUT2D eigenvalue weighted by Gasteiger charge is -2.07. The number of carbonyl (C=O) groups is 1. The average molecular weight is 302 g/mol. The van der Waals surface area contributed by atoms with Gasteiger partial charge in [-0.1, -0.05) is 36.4 Å². The number of benzene rings is 2. The van der Waals surface area contributed by atoms with Crippen LogP contribution in [0.25, 0.3) is 0 Å². The number of amides is 1. The zero-order valence-corrected chi connectivity index (χ0v) is 12.4. The first-order valence-electron chi connectivity index (χ1n) is 6.65. The number of thioether (sulfide) groups is 1. The highest BCUT2D eigenvalue weighted by atomic mass is 32.2. The van der Waals surface area contributed by atoms with Gasteiger partial charge < -0.3 is 4.74 Å². The molecule has 0 atom stereocenters. The maximum Gasteiger partial charge on any atom is 0.265 e. The van der Waals surface area contributed by atoms with Crippen molar-refractivity contribution in [2.45, 2.75) is 5.75 Å². The van der Waals surface area contributed by atoms with Crippen LogP contribution in [-0.2, 0) is 5.75 Å². The van der Waals surface area contributed by atoms with E-state index < -0.39 is 0 Å². The molecule has 0 radical (unpaired) electrons. The summed E-state index contributed by atoms with van der Waals surface area (Å²) in [5, 5.41) is 0. The maximum absolute atomic E-state index is 11.4. The Kier molecular flexibility index (Phi) is 6.12. The number of nitrogen functional groups attached to an aromatic ring is 1. The van der Waals surface area contributed by atoms with Crippen LogP contribution in [0.4, 0.5) is 0 Å². The summed E-state index contributed by atoms with van der Waals surface area (Å²) >= 11 is 1.82. The van der Waals surface area contributed by atoms with Crippen LogP contribution >= 0.6 is 11.8 Å². The molecule has 0 aliphatic rings. The van der Waals surface area contributed by atoms with E-state index in [9.17, 15) is 4.79 Å². The molecule has 1 amide bonds. The molecule has 0 aliphatic heterocycles. The van der Waals surface area contributed by atoms with Crippen LogP contribution in [0, 0.1) is 0 Å². The second-order valence-corrected chi connectivity index (χ2v) is 5.49. The number of hydrogen-bond donors (Lipinski definition) is 2. The molecule has 0 saturated carbocycles. The molecular weight excluding hydrogens is 284 g/mol. The number of nitrogens with two attached hydrogens (primary N) is 1. The van der Waals surface area contributed by atoms with E-state index in [-0.39, 0.29) is 5.91 Å². The molecule has 2 rings (SSSR count). The van der Waals surface area contributed by atoms with Crippen LogP contribution in [0.5, 0.6) is 5.75 Å². The third kappa shape index (κ3) is 5.13. The molecule has 0 spiro atoms. The largest absolute Gasteiger partial charge is 0.493 e. The van der Waals surface area contributed by atoms with E-state index in [1.807, 2.05) is 36.0 Å². The first-order chi connectivity index (χ1) is 10.3. The molecule has 110 valence electrons. The molecule has 3 N–H and O–H groups in total. The van der Waals surface area contributed by atoms with E-state index in [0.29, 0.717) is 17.9 Å². The molecule has 4 nitrogen and oxygen atoms in total. The monoisotopic (exact) mass is 302 g/mol. The van der Waals surface area contributed by atoms with E-state index in [1.54, 1.807) is 18.2 Å². The number of carbonyl (C=O) groups excluding carboxylic acids is 1. The van der Waals surface area contributed by atoms with Crippen LogP contribution in [0.2, 0.25) is 0 Å². The molecule has 0 aromatic heterocycles. The van der Waals surface area contributed by atoms with Crippen molar-refractivity contribution in [2.75, 3.05) is 12.4 Å². The SMILES string of the molecule is NNC(=O)c1cccc(OCCSCc2ccccc2)c1. The van der Waals surface area contributed by atoms with E-state index in [2.05, 4.69) is 17.6 Å². The van der Waals surface area contributed by atoms with E-state index in [0.717, 1.165) is 11.5 Å². The Hall–Kier alpha value is -1.98. The summed E-state index contributed by atoms with van der Waals surface area (Å²) in [5.41, 5.74) is 3.91. The van der Waals surface area contributed by atoms with Gasteiger partial charge in [-0.2, -0.15) is 11.8 Å². The molecule has 0 saturated heterocycles. The van der Waals surface area contributed by atoms with Crippen LogP contribution in [0.1, 0.15) is 15.9 Å². The Morgan fingerprint density at radius 2 is 1.95 bits per heavy atom. The van der Waals surface area contributed by atoms with Crippen molar-refractivity contribution in [3.8, 4) is 5.75 Å². The lowest BCUT2D eigenvalue weighted by atomic mass is 10.2. The Balaban J connectivity index is 1.72. The van der Waals surface area contributed by atoms with Gasteiger partial charge in [0.05, 0.1) is 6.61 Å². The number of hydrogen-bond acceptors (Lipinski definition) is 4. The average Bonchev–Trinajstić information content (AvgIpc) is 2.55. The fraction of sp³-hybridized carbons (Fsp3) is 0.188. The van der Waals surface area contributed by atoms with Gasteiger partial charge in [-0.3, -0.25) is 10.2 Å². The zero-order valence-electron chi connectivity index (χ0n) is 11.6. The molecular formula is C16H18N2O2S. The zero-order chi connectivity index (χ0) is 14.9. The van der Waals surface area contributed by atoms with Gasteiger partial charge in [-0.05, 0) is 23.8 Å². The number of ether oxygens (including phenoxy) is 1. The highest BCUT2D eigenvalue weighted by molar-refractivity contribution is 7.98. The number of rotatable bonds is 7. The molecule has 2 aromatic rings. The third-order valence-electron chi connectivity index (χ3n) is 2.84. The summed E-state index contributed by atoms with van der Waals surface area (Å²) in [4.78, 5) is 11.4. The van der Waals surface area contributed by atoms with Gasteiger partial charge >= 0.3 is 0 Å². The number of hydrazine groups is 1. The highest BCUT2D eigenvalue weighted by Gasteiger charge is 2.04. The van der Waals surface area contributed by atoms with Gasteiger partial charge in [0.25, 0.3) is 5.91 Å². The van der Waals surface area contributed by atoms with Crippen LogP contribution in [0.3, 0.4) is 0 Å². The third-order valence-corrected chi connectivity index (χ3v) is 3.83. The summed E-state index contributed by atoms with van der Waals surface area (Å²) in [6.45, 7) is 0.602. The minimum absolute atomic E-state index is 0.320. The summed E-state index contributed by atoms with van der Waals surface area (Å²) < 4.78 is 5.64. The van der Waals surface area contributed by atoms with Gasteiger partial charge in [0.15, 0.2) is 0 Å². The van der Waals surface area contributed by atoms with E-state index >= 15 is 0 Å². The first-order valence-corrected chi connectivity index (χ1v) is 7.80. The van der Waals surface area contributed by atoms with Gasteiger partial charge in [-0.25, -0.2) is 5.84 Å². The summed E-state index contributed by atoms with van der Waals surface area (Å²) in [6, 6.07) is 17.3. The summed E-state index contributed by atoms with van der Waals surface area (Å²) in [5.74, 6) is 7.33. The fourth-order valence-corrected chi connectivity index (χ4v) is 2.57. The molecule has 0 fully saturated rings. The first kappa shape index (κ1) is 15.4.